The topological polar surface area (TPSA) is 44.7 Å². The van der Waals surface area contributed by atoms with Crippen LogP contribution in [0.2, 0.25) is 0 Å². The lowest BCUT2D eigenvalue weighted by molar-refractivity contribution is 0.465. The standard InChI is InChI=1S/C4H7N3OS/c1-3-2-7(6-8)4(9)5-3/h3H,2H2,1H3,(H,5,9). The van der Waals surface area contributed by atoms with Gasteiger partial charge in [0.2, 0.25) is 0 Å². The lowest BCUT2D eigenvalue weighted by Crippen LogP contribution is -2.24. The average Bonchev–Trinajstić information content (AvgIpc) is 2.10. The molecule has 0 aliphatic carbocycles. The number of thiocarbonyl (C=S) groups is 1. The molecule has 0 saturated carbocycles. The number of rotatable bonds is 1. The third-order valence-electron chi connectivity index (χ3n) is 1.15. The SMILES string of the molecule is CC1CN(N=O)C(=S)N1. The molecule has 1 saturated heterocycles. The van der Waals surface area contributed by atoms with Gasteiger partial charge in [-0.2, -0.15) is 0 Å². The van der Waals surface area contributed by atoms with Crippen LogP contribution in [0.25, 0.3) is 0 Å². The minimum absolute atomic E-state index is 0.246. The Morgan fingerprint density at radius 3 is 2.89 bits per heavy atom. The molecule has 0 aromatic heterocycles. The summed E-state index contributed by atoms with van der Waals surface area (Å²) in [5.41, 5.74) is 0. The maximum absolute atomic E-state index is 9.91. The second-order valence-electron chi connectivity index (χ2n) is 2.01. The molecule has 1 aliphatic rings. The Morgan fingerprint density at radius 2 is 2.67 bits per heavy atom. The molecule has 5 heteroatoms. The lowest BCUT2D eigenvalue weighted by atomic mass is 10.4. The first-order chi connectivity index (χ1) is 4.24. The molecular weight excluding hydrogens is 138 g/mol. The Balaban J connectivity index is 2.57. The van der Waals surface area contributed by atoms with E-state index in [4.69, 9.17) is 12.2 Å². The van der Waals surface area contributed by atoms with Crippen LogP contribution in [-0.4, -0.2) is 22.7 Å². The highest BCUT2D eigenvalue weighted by Gasteiger charge is 2.22. The van der Waals surface area contributed by atoms with Crippen molar-refractivity contribution in [3.05, 3.63) is 4.91 Å². The van der Waals surface area contributed by atoms with Crippen LogP contribution in [0.1, 0.15) is 6.92 Å². The van der Waals surface area contributed by atoms with E-state index in [1.54, 1.807) is 0 Å². The molecule has 1 rings (SSSR count). The predicted molar refractivity (Wildman–Crippen MR) is 37.7 cm³/mol. The predicted octanol–water partition coefficient (Wildman–Crippen LogP) is 0.246. The lowest BCUT2D eigenvalue weighted by Gasteiger charge is -2.00. The Kier molecular flexibility index (Phi) is 1.61. The van der Waals surface area contributed by atoms with E-state index in [2.05, 4.69) is 10.6 Å². The molecule has 1 atom stereocenters. The molecule has 1 fully saturated rings. The molecule has 0 amide bonds. The van der Waals surface area contributed by atoms with Crippen LogP contribution in [0.3, 0.4) is 0 Å². The zero-order valence-electron chi connectivity index (χ0n) is 5.00. The summed E-state index contributed by atoms with van der Waals surface area (Å²) in [6.45, 7) is 2.53. The van der Waals surface area contributed by atoms with Gasteiger partial charge in [-0.25, -0.2) is 5.01 Å². The monoisotopic (exact) mass is 145 g/mol. The summed E-state index contributed by atoms with van der Waals surface area (Å²) < 4.78 is 0. The van der Waals surface area contributed by atoms with Gasteiger partial charge in [0.1, 0.15) is 0 Å². The molecule has 0 bridgehead atoms. The van der Waals surface area contributed by atoms with Crippen LogP contribution < -0.4 is 5.32 Å². The Labute approximate surface area is 58.2 Å². The summed E-state index contributed by atoms with van der Waals surface area (Å²) in [5, 5.41) is 7.24. The summed E-state index contributed by atoms with van der Waals surface area (Å²) in [4.78, 5) is 9.91. The maximum Gasteiger partial charge on any atom is 0.192 e. The number of hydrogen-bond donors (Lipinski definition) is 1. The number of nitrogens with zero attached hydrogens (tertiary/aromatic N) is 2. The van der Waals surface area contributed by atoms with Crippen molar-refractivity contribution in [2.45, 2.75) is 13.0 Å². The first kappa shape index (κ1) is 6.41. The smallest absolute Gasteiger partial charge is 0.192 e. The van der Waals surface area contributed by atoms with E-state index in [0.717, 1.165) is 0 Å². The minimum Gasteiger partial charge on any atom is -0.357 e. The summed E-state index contributed by atoms with van der Waals surface area (Å²) >= 11 is 4.74. The highest BCUT2D eigenvalue weighted by atomic mass is 32.1. The average molecular weight is 145 g/mol. The summed E-state index contributed by atoms with van der Waals surface area (Å²) in [7, 11) is 0. The van der Waals surface area contributed by atoms with Gasteiger partial charge in [0.05, 0.1) is 11.8 Å². The third-order valence-corrected chi connectivity index (χ3v) is 1.48. The molecule has 0 spiro atoms. The molecule has 1 aliphatic heterocycles. The van der Waals surface area contributed by atoms with Crippen molar-refractivity contribution in [3.63, 3.8) is 0 Å². The highest BCUT2D eigenvalue weighted by molar-refractivity contribution is 7.80. The van der Waals surface area contributed by atoms with E-state index < -0.39 is 0 Å². The maximum atomic E-state index is 9.91. The molecule has 4 nitrogen and oxygen atoms in total. The van der Waals surface area contributed by atoms with E-state index in [-0.39, 0.29) is 6.04 Å². The molecule has 1 N–H and O–H groups in total. The van der Waals surface area contributed by atoms with Crippen LogP contribution in [0.4, 0.5) is 0 Å². The first-order valence-electron chi connectivity index (χ1n) is 2.65. The number of nitrogens with one attached hydrogen (secondary N) is 1. The fraction of sp³-hybridized carbons (Fsp3) is 0.750. The van der Waals surface area contributed by atoms with Crippen molar-refractivity contribution >= 4 is 17.3 Å². The van der Waals surface area contributed by atoms with Crippen molar-refractivity contribution < 1.29 is 0 Å². The number of nitroso groups, excluding NO2 is 1. The van der Waals surface area contributed by atoms with E-state index in [9.17, 15) is 4.91 Å². The molecule has 50 valence electrons. The van der Waals surface area contributed by atoms with Gasteiger partial charge in [-0.1, -0.05) is 0 Å². The van der Waals surface area contributed by atoms with Gasteiger partial charge in [0.25, 0.3) is 0 Å². The summed E-state index contributed by atoms with van der Waals surface area (Å²) in [6.07, 6.45) is 0. The normalized spacial score (nSPS) is 26.1. The van der Waals surface area contributed by atoms with Crippen LogP contribution in [-0.2, 0) is 0 Å². The first-order valence-corrected chi connectivity index (χ1v) is 3.06. The fourth-order valence-corrected chi connectivity index (χ4v) is 1.05. The van der Waals surface area contributed by atoms with Gasteiger partial charge < -0.3 is 5.32 Å². The van der Waals surface area contributed by atoms with Crippen molar-refractivity contribution in [1.29, 1.82) is 0 Å². The van der Waals surface area contributed by atoms with Crippen LogP contribution in [0.5, 0.6) is 0 Å². The zero-order valence-corrected chi connectivity index (χ0v) is 5.81. The second-order valence-corrected chi connectivity index (χ2v) is 2.40. The fourth-order valence-electron chi connectivity index (χ4n) is 0.744. The van der Waals surface area contributed by atoms with Gasteiger partial charge in [-0.05, 0) is 19.1 Å². The van der Waals surface area contributed by atoms with E-state index in [1.807, 2.05) is 6.92 Å². The number of hydrogen-bond acceptors (Lipinski definition) is 3. The Bertz CT molecular complexity index is 149. The van der Waals surface area contributed by atoms with Crippen molar-refractivity contribution in [2.75, 3.05) is 6.54 Å². The van der Waals surface area contributed by atoms with E-state index in [1.165, 1.54) is 5.01 Å². The zero-order chi connectivity index (χ0) is 6.85. The van der Waals surface area contributed by atoms with E-state index in [0.29, 0.717) is 11.7 Å². The minimum atomic E-state index is 0.246. The molecule has 0 aromatic rings. The second kappa shape index (κ2) is 2.26. The van der Waals surface area contributed by atoms with Crippen molar-refractivity contribution in [2.24, 2.45) is 5.29 Å². The van der Waals surface area contributed by atoms with Crippen LogP contribution in [0, 0.1) is 4.91 Å². The van der Waals surface area contributed by atoms with Crippen LogP contribution >= 0.6 is 12.2 Å². The van der Waals surface area contributed by atoms with Crippen LogP contribution in [0.15, 0.2) is 5.29 Å². The molecule has 1 heterocycles. The summed E-state index contributed by atoms with van der Waals surface area (Å²) in [6, 6.07) is 0.246. The van der Waals surface area contributed by atoms with Gasteiger partial charge in [0, 0.05) is 6.04 Å². The van der Waals surface area contributed by atoms with Gasteiger partial charge in [-0.3, -0.25) is 0 Å². The molecule has 9 heavy (non-hydrogen) atoms. The molecular formula is C4H7N3OS. The Hall–Kier alpha value is -0.710. The molecule has 0 radical (unpaired) electrons. The highest BCUT2D eigenvalue weighted by Crippen LogP contribution is 2.02. The van der Waals surface area contributed by atoms with Crippen molar-refractivity contribution in [1.82, 2.24) is 10.3 Å². The van der Waals surface area contributed by atoms with Crippen molar-refractivity contribution in [3.8, 4) is 0 Å². The van der Waals surface area contributed by atoms with Gasteiger partial charge in [0.15, 0.2) is 5.11 Å². The summed E-state index contributed by atoms with van der Waals surface area (Å²) in [5.74, 6) is 0. The third kappa shape index (κ3) is 1.16. The molecule has 1 unspecified atom stereocenters. The van der Waals surface area contributed by atoms with Gasteiger partial charge in [-0.15, -0.1) is 4.91 Å². The van der Waals surface area contributed by atoms with E-state index >= 15 is 0 Å². The largest absolute Gasteiger partial charge is 0.357 e. The molecule has 0 aromatic carbocycles. The van der Waals surface area contributed by atoms with Gasteiger partial charge >= 0.3 is 0 Å². The Morgan fingerprint density at radius 1 is 2.00 bits per heavy atom. The quantitative estimate of drug-likeness (QED) is 0.424.